The molecule has 1 aromatic rings. The second-order valence-corrected chi connectivity index (χ2v) is 8.23. The lowest BCUT2D eigenvalue weighted by Crippen LogP contribution is -2.54. The summed E-state index contributed by atoms with van der Waals surface area (Å²) in [5.41, 5.74) is 0.621. The number of carbonyl (C=O) groups is 1. The van der Waals surface area contributed by atoms with E-state index in [0.717, 1.165) is 4.91 Å². The average molecular weight is 367 g/mol. The van der Waals surface area contributed by atoms with Crippen molar-refractivity contribution >= 4 is 28.6 Å². The molecule has 1 atom stereocenters. The minimum Gasteiger partial charge on any atom is -0.336 e. The molecule has 1 aromatic carbocycles. The molecule has 0 saturated carbocycles. The van der Waals surface area contributed by atoms with Crippen molar-refractivity contribution < 1.29 is 13.2 Å². The van der Waals surface area contributed by atoms with E-state index in [1.165, 1.54) is 15.8 Å². The van der Waals surface area contributed by atoms with Gasteiger partial charge in [-0.1, -0.05) is 24.3 Å². The maximum Gasteiger partial charge on any atom is 0.253 e. The molecular weight excluding hydrogens is 344 g/mol. The summed E-state index contributed by atoms with van der Waals surface area (Å²) in [6, 6.07) is 8.76. The van der Waals surface area contributed by atoms with Crippen molar-refractivity contribution in [3.05, 3.63) is 58.4 Å². The number of hydrogen-bond donors (Lipinski definition) is 1. The lowest BCUT2D eigenvalue weighted by molar-refractivity contribution is 0.0643. The number of rotatable bonds is 4. The van der Waals surface area contributed by atoms with Crippen molar-refractivity contribution in [3.8, 4) is 0 Å². The van der Waals surface area contributed by atoms with E-state index >= 15 is 0 Å². The molecule has 0 bridgehead atoms. The molecule has 5 nitrogen and oxygen atoms in total. The van der Waals surface area contributed by atoms with Gasteiger partial charge in [-0.2, -0.15) is 4.31 Å². The standard InChI is InChI=1S/C17H22N2O3S2/c1-14-13-18(17(20)16-8-4-3-5-9-16)10-11-19(14)24(21,22)12-6-7-15(2)23/h3-9,12,14,23H,10-11,13H2,1-2H3/b12-6+,15-7-. The molecule has 0 N–H and O–H groups in total. The summed E-state index contributed by atoms with van der Waals surface area (Å²) in [5, 5.41) is 1.18. The van der Waals surface area contributed by atoms with Gasteiger partial charge in [-0.25, -0.2) is 8.42 Å². The minimum atomic E-state index is -3.51. The SMILES string of the molecule is C/C(S)=C/C=C/S(=O)(=O)N1CCN(C(=O)c2ccccc2)CC1C. The molecule has 130 valence electrons. The first-order chi connectivity index (χ1) is 11.3. The third-order valence-electron chi connectivity index (χ3n) is 3.79. The van der Waals surface area contributed by atoms with Crippen molar-refractivity contribution in [1.82, 2.24) is 9.21 Å². The lowest BCUT2D eigenvalue weighted by Gasteiger charge is -2.38. The van der Waals surface area contributed by atoms with Crippen LogP contribution in [0.3, 0.4) is 0 Å². The van der Waals surface area contributed by atoms with Crippen LogP contribution in [-0.4, -0.2) is 49.2 Å². The van der Waals surface area contributed by atoms with Crippen molar-refractivity contribution in [1.29, 1.82) is 0 Å². The van der Waals surface area contributed by atoms with Crippen LogP contribution in [0.15, 0.2) is 52.8 Å². The Morgan fingerprint density at radius 2 is 1.92 bits per heavy atom. The number of carbonyl (C=O) groups excluding carboxylic acids is 1. The number of benzene rings is 1. The molecule has 0 aliphatic carbocycles. The largest absolute Gasteiger partial charge is 0.336 e. The zero-order valence-corrected chi connectivity index (χ0v) is 15.5. The summed E-state index contributed by atoms with van der Waals surface area (Å²) in [7, 11) is -3.51. The van der Waals surface area contributed by atoms with E-state index < -0.39 is 10.0 Å². The first kappa shape index (κ1) is 18.8. The molecule has 7 heteroatoms. The summed E-state index contributed by atoms with van der Waals surface area (Å²) in [6.45, 7) is 4.64. The van der Waals surface area contributed by atoms with Crippen LogP contribution in [0.4, 0.5) is 0 Å². The smallest absolute Gasteiger partial charge is 0.253 e. The molecule has 1 aliphatic rings. The molecule has 1 fully saturated rings. The Kier molecular flexibility index (Phi) is 6.26. The third kappa shape index (κ3) is 4.72. The molecule has 1 aliphatic heterocycles. The van der Waals surface area contributed by atoms with Crippen molar-refractivity contribution in [2.75, 3.05) is 19.6 Å². The average Bonchev–Trinajstić information content (AvgIpc) is 2.54. The molecule has 0 radical (unpaired) electrons. The molecule has 2 rings (SSSR count). The van der Waals surface area contributed by atoms with Crippen LogP contribution >= 0.6 is 12.6 Å². The molecule has 0 spiro atoms. The van der Waals surface area contributed by atoms with E-state index in [-0.39, 0.29) is 18.5 Å². The molecule has 1 saturated heterocycles. The second-order valence-electron chi connectivity index (χ2n) is 5.76. The van der Waals surface area contributed by atoms with E-state index in [2.05, 4.69) is 12.6 Å². The lowest BCUT2D eigenvalue weighted by atomic mass is 10.1. The fourth-order valence-corrected chi connectivity index (χ4v) is 4.05. The summed E-state index contributed by atoms with van der Waals surface area (Å²) in [5.74, 6) is -0.0660. The van der Waals surface area contributed by atoms with Crippen molar-refractivity contribution in [2.45, 2.75) is 19.9 Å². The van der Waals surface area contributed by atoms with Gasteiger partial charge in [0.25, 0.3) is 5.91 Å². The number of amides is 1. The van der Waals surface area contributed by atoms with Crippen LogP contribution < -0.4 is 0 Å². The van der Waals surface area contributed by atoms with Crippen molar-refractivity contribution in [3.63, 3.8) is 0 Å². The number of allylic oxidation sites excluding steroid dienone is 3. The number of piperazine rings is 1. The highest BCUT2D eigenvalue weighted by molar-refractivity contribution is 7.92. The maximum atomic E-state index is 12.5. The van der Waals surface area contributed by atoms with E-state index in [0.29, 0.717) is 18.7 Å². The molecular formula is C17H22N2O3S2. The third-order valence-corrected chi connectivity index (χ3v) is 5.64. The van der Waals surface area contributed by atoms with Crippen LogP contribution in [0, 0.1) is 0 Å². The fourth-order valence-electron chi connectivity index (χ4n) is 2.62. The zero-order valence-electron chi connectivity index (χ0n) is 13.8. The Morgan fingerprint density at radius 1 is 1.25 bits per heavy atom. The van der Waals surface area contributed by atoms with Gasteiger partial charge in [0.05, 0.1) is 0 Å². The van der Waals surface area contributed by atoms with Crippen LogP contribution in [0.2, 0.25) is 0 Å². The van der Waals surface area contributed by atoms with Gasteiger partial charge in [-0.05, 0) is 37.0 Å². The Bertz CT molecular complexity index is 738. The van der Waals surface area contributed by atoms with Gasteiger partial charge in [0.15, 0.2) is 0 Å². The zero-order chi connectivity index (χ0) is 17.7. The fraction of sp³-hybridized carbons (Fsp3) is 0.353. The first-order valence-corrected chi connectivity index (χ1v) is 9.66. The number of nitrogens with zero attached hydrogens (tertiary/aromatic N) is 2. The highest BCUT2D eigenvalue weighted by Gasteiger charge is 2.33. The van der Waals surface area contributed by atoms with Gasteiger partial charge in [-0.15, -0.1) is 12.6 Å². The van der Waals surface area contributed by atoms with Gasteiger partial charge >= 0.3 is 0 Å². The van der Waals surface area contributed by atoms with Gasteiger partial charge < -0.3 is 4.90 Å². The van der Waals surface area contributed by atoms with E-state index in [1.807, 2.05) is 25.1 Å². The Labute approximate surface area is 149 Å². The number of hydrogen-bond acceptors (Lipinski definition) is 4. The van der Waals surface area contributed by atoms with E-state index in [9.17, 15) is 13.2 Å². The monoisotopic (exact) mass is 366 g/mol. The van der Waals surface area contributed by atoms with Crippen LogP contribution in [0.5, 0.6) is 0 Å². The highest BCUT2D eigenvalue weighted by atomic mass is 32.2. The Balaban J connectivity index is 2.06. The normalized spacial score (nSPS) is 20.5. The van der Waals surface area contributed by atoms with Crippen LogP contribution in [0.25, 0.3) is 0 Å². The first-order valence-electron chi connectivity index (χ1n) is 7.71. The Morgan fingerprint density at radius 3 is 2.50 bits per heavy atom. The van der Waals surface area contributed by atoms with E-state index in [4.69, 9.17) is 0 Å². The van der Waals surface area contributed by atoms with E-state index in [1.54, 1.807) is 30.0 Å². The molecule has 1 amide bonds. The van der Waals surface area contributed by atoms with Gasteiger partial charge in [0, 0.05) is 36.6 Å². The van der Waals surface area contributed by atoms with Crippen LogP contribution in [-0.2, 0) is 10.0 Å². The summed E-state index contributed by atoms with van der Waals surface area (Å²) in [6.07, 6.45) is 3.10. The van der Waals surface area contributed by atoms with Gasteiger partial charge in [-0.3, -0.25) is 4.79 Å². The number of sulfonamides is 1. The topological polar surface area (TPSA) is 57.7 Å². The predicted molar refractivity (Wildman–Crippen MR) is 99.3 cm³/mol. The maximum absolute atomic E-state index is 12.5. The van der Waals surface area contributed by atoms with Gasteiger partial charge in [0.2, 0.25) is 10.0 Å². The quantitative estimate of drug-likeness (QED) is 0.658. The second kappa shape index (κ2) is 8.00. The van der Waals surface area contributed by atoms with Gasteiger partial charge in [0.1, 0.15) is 0 Å². The molecule has 0 aromatic heterocycles. The summed E-state index contributed by atoms with van der Waals surface area (Å²) < 4.78 is 26.2. The minimum absolute atomic E-state index is 0.0660. The highest BCUT2D eigenvalue weighted by Crippen LogP contribution is 2.17. The molecule has 1 heterocycles. The van der Waals surface area contributed by atoms with Crippen LogP contribution in [0.1, 0.15) is 24.2 Å². The number of thiol groups is 1. The molecule has 24 heavy (non-hydrogen) atoms. The predicted octanol–water partition coefficient (Wildman–Crippen LogP) is 2.51. The summed E-state index contributed by atoms with van der Waals surface area (Å²) >= 11 is 4.10. The van der Waals surface area contributed by atoms with Crippen molar-refractivity contribution in [2.24, 2.45) is 0 Å². The Hall–Kier alpha value is -1.57. The summed E-state index contributed by atoms with van der Waals surface area (Å²) in [4.78, 5) is 14.9. The molecule has 1 unspecified atom stereocenters.